The van der Waals surface area contributed by atoms with Crippen molar-refractivity contribution >= 4 is 40.0 Å². The van der Waals surface area contributed by atoms with Gasteiger partial charge in [-0.1, -0.05) is 48.5 Å². The molecule has 2 aliphatic rings. The fraction of sp³-hybridized carbons (Fsp3) is 0.409. The van der Waals surface area contributed by atoms with Crippen LogP contribution in [0.2, 0.25) is 0 Å². The Morgan fingerprint density at radius 2 is 1.85 bits per heavy atom. The normalized spacial score (nSPS) is 26.6. The van der Waals surface area contributed by atoms with Crippen molar-refractivity contribution in [3.8, 4) is 0 Å². The van der Waals surface area contributed by atoms with Gasteiger partial charge in [-0.05, 0) is 42.8 Å². The van der Waals surface area contributed by atoms with Gasteiger partial charge in [0.1, 0.15) is 0 Å². The van der Waals surface area contributed by atoms with Gasteiger partial charge in [-0.3, -0.25) is 15.0 Å². The number of hydroxylamine groups is 1. The molecular weight excluding hydrogens is 484 g/mol. The van der Waals surface area contributed by atoms with Gasteiger partial charge in [-0.2, -0.15) is 4.42 Å². The Morgan fingerprint density at radius 3 is 2.45 bits per heavy atom. The number of hydrogen-bond donors (Lipinski definition) is 1. The maximum atomic E-state index is 13.5. The number of nitrogens with zero attached hydrogens (tertiary/aromatic N) is 3. The van der Waals surface area contributed by atoms with Crippen molar-refractivity contribution in [1.82, 2.24) is 19.1 Å². The third-order valence-corrected chi connectivity index (χ3v) is 9.19. The number of hydrogen-bond acceptors (Lipinski definition) is 8. The Hall–Kier alpha value is -1.66. The molecule has 8 nitrogen and oxygen atoms in total. The lowest BCUT2D eigenvalue weighted by atomic mass is 10.0. The summed E-state index contributed by atoms with van der Waals surface area (Å²) in [5.41, 5.74) is 0.744. The Labute approximate surface area is 203 Å². The minimum Gasteiger partial charge on any atom is -0.352 e. The molecule has 1 N–H and O–H groups in total. The predicted octanol–water partition coefficient (Wildman–Crippen LogP) is 2.83. The molecule has 4 rings (SSSR count). The van der Waals surface area contributed by atoms with Gasteiger partial charge in [-0.15, -0.1) is 11.8 Å². The largest absolute Gasteiger partial charge is 0.352 e. The van der Waals surface area contributed by atoms with Crippen molar-refractivity contribution in [3.63, 3.8) is 0 Å². The number of halogens is 1. The van der Waals surface area contributed by atoms with E-state index in [1.165, 1.54) is 33.9 Å². The average Bonchev–Trinajstić information content (AvgIpc) is 3.35. The third kappa shape index (κ3) is 5.07. The molecule has 0 aliphatic carbocycles. The quantitative estimate of drug-likeness (QED) is 0.239. The van der Waals surface area contributed by atoms with E-state index in [0.29, 0.717) is 12.4 Å². The van der Waals surface area contributed by atoms with Crippen LogP contribution in [0.1, 0.15) is 18.9 Å². The molecule has 2 aliphatic heterocycles. The van der Waals surface area contributed by atoms with Gasteiger partial charge in [0, 0.05) is 35.4 Å². The highest BCUT2D eigenvalue weighted by atomic mass is 35.5. The summed E-state index contributed by atoms with van der Waals surface area (Å²) >= 11 is 8.06. The molecule has 0 spiro atoms. The van der Waals surface area contributed by atoms with Crippen molar-refractivity contribution < 1.29 is 18.0 Å². The standard InChI is InChI=1S/C22H27ClN4O4S2/c1-21(12-13-25(15-21)14-19-8-4-2-5-9-19)24-22(16-32-17-26(22)23)27(31-18-28)33(29,30)20-10-6-3-7-11-20/h2-11,18,24H,12-17H2,1H3/t21?,22-/m0/s1. The minimum absolute atomic E-state index is 0.0114. The number of carbonyl (C=O) groups excluding carboxylic acids is 1. The molecule has 2 atom stereocenters. The van der Waals surface area contributed by atoms with Crippen molar-refractivity contribution in [2.24, 2.45) is 0 Å². The lowest BCUT2D eigenvalue weighted by molar-refractivity contribution is -0.189. The van der Waals surface area contributed by atoms with Crippen LogP contribution in [0.5, 0.6) is 0 Å². The van der Waals surface area contributed by atoms with Crippen LogP contribution in [0.25, 0.3) is 0 Å². The number of benzene rings is 2. The Bertz CT molecular complexity index is 1060. The second-order valence-corrected chi connectivity index (χ2v) is 11.7. The van der Waals surface area contributed by atoms with E-state index in [2.05, 4.69) is 22.3 Å². The van der Waals surface area contributed by atoms with E-state index >= 15 is 0 Å². The van der Waals surface area contributed by atoms with Gasteiger partial charge >= 0.3 is 6.47 Å². The summed E-state index contributed by atoms with van der Waals surface area (Å²) in [4.78, 5) is 18.9. The molecule has 0 bridgehead atoms. The van der Waals surface area contributed by atoms with Crippen molar-refractivity contribution in [2.45, 2.75) is 36.1 Å². The second kappa shape index (κ2) is 9.91. The van der Waals surface area contributed by atoms with Crippen molar-refractivity contribution in [2.75, 3.05) is 24.7 Å². The van der Waals surface area contributed by atoms with E-state index in [9.17, 15) is 13.2 Å². The molecule has 0 saturated carbocycles. The van der Waals surface area contributed by atoms with Crippen LogP contribution in [0.4, 0.5) is 0 Å². The summed E-state index contributed by atoms with van der Waals surface area (Å²) in [6.07, 6.45) is 0.775. The molecule has 1 unspecified atom stereocenters. The fourth-order valence-corrected chi connectivity index (χ4v) is 7.53. The second-order valence-electron chi connectivity index (χ2n) is 8.54. The van der Waals surface area contributed by atoms with Crippen LogP contribution < -0.4 is 5.32 Å². The topological polar surface area (TPSA) is 82.2 Å². The molecule has 2 aromatic rings. The van der Waals surface area contributed by atoms with E-state index in [1.54, 1.807) is 18.2 Å². The van der Waals surface area contributed by atoms with Crippen LogP contribution in [-0.4, -0.2) is 64.7 Å². The van der Waals surface area contributed by atoms with Gasteiger partial charge in [-0.25, -0.2) is 8.42 Å². The molecule has 0 amide bonds. The first kappa shape index (κ1) is 24.5. The summed E-state index contributed by atoms with van der Waals surface area (Å²) in [6, 6.07) is 18.1. The Morgan fingerprint density at radius 1 is 1.18 bits per heavy atom. The van der Waals surface area contributed by atoms with E-state index in [1.807, 2.05) is 25.1 Å². The first-order chi connectivity index (χ1) is 15.8. The molecule has 33 heavy (non-hydrogen) atoms. The molecule has 2 fully saturated rings. The highest BCUT2D eigenvalue weighted by molar-refractivity contribution is 7.99. The van der Waals surface area contributed by atoms with Gasteiger partial charge in [0.25, 0.3) is 10.0 Å². The smallest absolute Gasteiger partial charge is 0.314 e. The summed E-state index contributed by atoms with van der Waals surface area (Å²) in [5.74, 6) is -0.800. The zero-order valence-corrected chi connectivity index (χ0v) is 20.7. The van der Waals surface area contributed by atoms with E-state index in [-0.39, 0.29) is 17.1 Å². The predicted molar refractivity (Wildman–Crippen MR) is 128 cm³/mol. The zero-order chi connectivity index (χ0) is 23.5. The number of sulfonamides is 1. The number of rotatable bonds is 9. The van der Waals surface area contributed by atoms with Crippen molar-refractivity contribution in [1.29, 1.82) is 0 Å². The third-order valence-electron chi connectivity index (χ3n) is 5.91. The van der Waals surface area contributed by atoms with Crippen LogP contribution in [0.3, 0.4) is 0 Å². The SMILES string of the molecule is CC1(N[C@@]2(N(OC=O)S(=O)(=O)c3ccccc3)CSCN2Cl)CCN(Cc2ccccc2)C1. The van der Waals surface area contributed by atoms with Crippen LogP contribution in [0.15, 0.2) is 65.6 Å². The minimum atomic E-state index is -4.20. The Balaban J connectivity index is 1.62. The van der Waals surface area contributed by atoms with E-state index in [4.69, 9.17) is 16.6 Å². The number of likely N-dealkylation sites (tertiary alicyclic amines) is 1. The fourth-order valence-electron chi connectivity index (χ4n) is 4.42. The van der Waals surface area contributed by atoms with Gasteiger partial charge in [0.2, 0.25) is 5.79 Å². The molecule has 2 saturated heterocycles. The van der Waals surface area contributed by atoms with Crippen LogP contribution >= 0.6 is 23.5 Å². The molecule has 11 heteroatoms. The van der Waals surface area contributed by atoms with Crippen LogP contribution in [0, 0.1) is 0 Å². The van der Waals surface area contributed by atoms with Gasteiger partial charge in [0.05, 0.1) is 10.8 Å². The lowest BCUT2D eigenvalue weighted by Crippen LogP contribution is -2.71. The molecule has 0 aromatic heterocycles. The lowest BCUT2D eigenvalue weighted by Gasteiger charge is -2.45. The molecule has 2 aromatic carbocycles. The summed E-state index contributed by atoms with van der Waals surface area (Å²) in [7, 11) is -4.20. The van der Waals surface area contributed by atoms with E-state index < -0.39 is 21.3 Å². The molecule has 178 valence electrons. The first-order valence-electron chi connectivity index (χ1n) is 10.6. The highest BCUT2D eigenvalue weighted by Crippen LogP contribution is 2.40. The molecule has 2 heterocycles. The summed E-state index contributed by atoms with van der Waals surface area (Å²) in [6.45, 7) is 4.47. The highest BCUT2D eigenvalue weighted by Gasteiger charge is 2.57. The summed E-state index contributed by atoms with van der Waals surface area (Å²) in [5, 5.41) is 3.49. The van der Waals surface area contributed by atoms with E-state index in [0.717, 1.165) is 24.0 Å². The molecule has 0 radical (unpaired) electrons. The van der Waals surface area contributed by atoms with Crippen LogP contribution in [-0.2, 0) is 26.2 Å². The number of thioether (sulfide) groups is 1. The zero-order valence-electron chi connectivity index (χ0n) is 18.3. The van der Waals surface area contributed by atoms with Gasteiger partial charge in [0.15, 0.2) is 0 Å². The number of carbonyl (C=O) groups is 1. The maximum Gasteiger partial charge on any atom is 0.314 e. The maximum absolute atomic E-state index is 13.5. The summed E-state index contributed by atoms with van der Waals surface area (Å²) < 4.78 is 29.2. The first-order valence-corrected chi connectivity index (χ1v) is 13.5. The van der Waals surface area contributed by atoms with Gasteiger partial charge < -0.3 is 4.84 Å². The number of nitrogens with one attached hydrogen (secondary N) is 1. The molecular formula is C22H27ClN4O4S2. The monoisotopic (exact) mass is 510 g/mol. The average molecular weight is 511 g/mol. The van der Waals surface area contributed by atoms with Crippen molar-refractivity contribution in [3.05, 3.63) is 66.2 Å². The Kier molecular flexibility index (Phi) is 7.35.